The maximum absolute atomic E-state index is 5.66. The van der Waals surface area contributed by atoms with Crippen molar-refractivity contribution < 1.29 is 4.74 Å². The van der Waals surface area contributed by atoms with Crippen LogP contribution in [0.4, 0.5) is 11.9 Å². The van der Waals surface area contributed by atoms with Crippen LogP contribution in [0.2, 0.25) is 0 Å². The summed E-state index contributed by atoms with van der Waals surface area (Å²) < 4.78 is 5.03. The number of anilines is 2. The first-order valence-corrected chi connectivity index (χ1v) is 7.35. The fourth-order valence-electron chi connectivity index (χ4n) is 2.10. The van der Waals surface area contributed by atoms with Crippen LogP contribution in [0.15, 0.2) is 0 Å². The molecule has 1 unspecified atom stereocenters. The number of methoxy groups -OCH3 is 1. The number of aromatic nitrogens is 3. The van der Waals surface area contributed by atoms with Gasteiger partial charge >= 0.3 is 6.01 Å². The molecule has 0 radical (unpaired) electrons. The quantitative estimate of drug-likeness (QED) is 0.883. The van der Waals surface area contributed by atoms with Crippen LogP contribution in [0.5, 0.6) is 6.01 Å². The number of rotatable bonds is 3. The lowest BCUT2D eigenvalue weighted by molar-refractivity contribution is 0.379. The molecule has 1 atom stereocenters. The summed E-state index contributed by atoms with van der Waals surface area (Å²) in [5, 5.41) is 0.732. The molecule has 0 spiro atoms. The first kappa shape index (κ1) is 13.2. The molecule has 1 aliphatic rings. The zero-order chi connectivity index (χ0) is 13.0. The number of nitrogens with two attached hydrogens (primary N) is 1. The molecule has 18 heavy (non-hydrogen) atoms. The first-order valence-electron chi connectivity index (χ1n) is 6.06. The van der Waals surface area contributed by atoms with E-state index in [9.17, 15) is 0 Å². The second-order valence-corrected chi connectivity index (χ2v) is 5.39. The van der Waals surface area contributed by atoms with Gasteiger partial charge in [0.05, 0.1) is 7.11 Å². The molecule has 2 rings (SSSR count). The van der Waals surface area contributed by atoms with Gasteiger partial charge in [0.25, 0.3) is 0 Å². The zero-order valence-corrected chi connectivity index (χ0v) is 11.6. The van der Waals surface area contributed by atoms with Crippen LogP contribution in [0.3, 0.4) is 0 Å². The Morgan fingerprint density at radius 2 is 2.11 bits per heavy atom. The molecule has 2 heterocycles. The van der Waals surface area contributed by atoms with Crippen LogP contribution in [0.1, 0.15) is 19.3 Å². The molecule has 0 aliphatic carbocycles. The average molecular weight is 269 g/mol. The van der Waals surface area contributed by atoms with Gasteiger partial charge in [-0.3, -0.25) is 0 Å². The van der Waals surface area contributed by atoms with E-state index in [0.717, 1.165) is 31.2 Å². The molecule has 2 N–H and O–H groups in total. The third-order valence-electron chi connectivity index (χ3n) is 3.09. The lowest BCUT2D eigenvalue weighted by atomic mass is 10.2. The van der Waals surface area contributed by atoms with Gasteiger partial charge in [-0.25, -0.2) is 0 Å². The predicted octanol–water partition coefficient (Wildman–Crippen LogP) is 1.18. The lowest BCUT2D eigenvalue weighted by Crippen LogP contribution is -2.27. The maximum atomic E-state index is 5.66. The SMILES string of the molecule is COc1nc(N)nc(N2CCCC(SC)CC2)n1. The summed E-state index contributed by atoms with van der Waals surface area (Å²) >= 11 is 1.94. The van der Waals surface area contributed by atoms with Crippen LogP contribution >= 0.6 is 11.8 Å². The van der Waals surface area contributed by atoms with Crippen LogP contribution in [0.25, 0.3) is 0 Å². The molecule has 0 amide bonds. The van der Waals surface area contributed by atoms with Gasteiger partial charge in [0, 0.05) is 18.3 Å². The second-order valence-electron chi connectivity index (χ2n) is 4.26. The Bertz CT molecular complexity index is 403. The number of thioether (sulfide) groups is 1. The van der Waals surface area contributed by atoms with Crippen LogP contribution < -0.4 is 15.4 Å². The van der Waals surface area contributed by atoms with Crippen molar-refractivity contribution >= 4 is 23.7 Å². The van der Waals surface area contributed by atoms with E-state index in [0.29, 0.717) is 5.95 Å². The van der Waals surface area contributed by atoms with Crippen molar-refractivity contribution in [1.29, 1.82) is 0 Å². The van der Waals surface area contributed by atoms with Crippen molar-refractivity contribution in [3.63, 3.8) is 0 Å². The fraction of sp³-hybridized carbons (Fsp3) is 0.727. The van der Waals surface area contributed by atoms with E-state index in [1.165, 1.54) is 13.5 Å². The smallest absolute Gasteiger partial charge is 0.322 e. The van der Waals surface area contributed by atoms with Gasteiger partial charge in [0.1, 0.15) is 0 Å². The summed E-state index contributed by atoms with van der Waals surface area (Å²) in [7, 11) is 1.53. The highest BCUT2D eigenvalue weighted by Crippen LogP contribution is 2.23. The molecule has 1 aromatic heterocycles. The van der Waals surface area contributed by atoms with Crippen LogP contribution in [0, 0.1) is 0 Å². The van der Waals surface area contributed by atoms with Crippen molar-refractivity contribution in [2.24, 2.45) is 0 Å². The third kappa shape index (κ3) is 3.16. The molecular weight excluding hydrogens is 250 g/mol. The molecule has 1 aliphatic heterocycles. The van der Waals surface area contributed by atoms with Crippen molar-refractivity contribution in [1.82, 2.24) is 15.0 Å². The molecule has 1 aromatic rings. The third-order valence-corrected chi connectivity index (χ3v) is 4.23. The standard InChI is InChI=1S/C11H19N5OS/c1-17-11-14-9(12)13-10(15-11)16-6-3-4-8(18-2)5-7-16/h8H,3-7H2,1-2H3,(H2,12,13,14,15). The summed E-state index contributed by atoms with van der Waals surface area (Å²) in [4.78, 5) is 14.5. The number of hydrogen-bond donors (Lipinski definition) is 1. The Labute approximate surface area is 111 Å². The van der Waals surface area contributed by atoms with Gasteiger partial charge in [-0.15, -0.1) is 0 Å². The first-order chi connectivity index (χ1) is 8.72. The van der Waals surface area contributed by atoms with Crippen molar-refractivity contribution in [3.05, 3.63) is 0 Å². The van der Waals surface area contributed by atoms with Crippen LogP contribution in [-0.2, 0) is 0 Å². The topological polar surface area (TPSA) is 77.2 Å². The highest BCUT2D eigenvalue weighted by molar-refractivity contribution is 7.99. The molecule has 100 valence electrons. The monoisotopic (exact) mass is 269 g/mol. The van der Waals surface area contributed by atoms with E-state index in [1.54, 1.807) is 0 Å². The molecule has 0 bridgehead atoms. The number of hydrogen-bond acceptors (Lipinski definition) is 7. The van der Waals surface area contributed by atoms with Crippen molar-refractivity contribution in [2.75, 3.05) is 37.1 Å². The normalized spacial score (nSPS) is 20.6. The highest BCUT2D eigenvalue weighted by Gasteiger charge is 2.19. The summed E-state index contributed by atoms with van der Waals surface area (Å²) in [6.45, 7) is 1.92. The van der Waals surface area contributed by atoms with Gasteiger partial charge in [-0.2, -0.15) is 26.7 Å². The molecule has 7 heteroatoms. The van der Waals surface area contributed by atoms with E-state index in [1.807, 2.05) is 11.8 Å². The summed E-state index contributed by atoms with van der Waals surface area (Å²) in [5.41, 5.74) is 5.66. The second kappa shape index (κ2) is 6.08. The van der Waals surface area contributed by atoms with E-state index in [2.05, 4.69) is 26.1 Å². The van der Waals surface area contributed by atoms with Gasteiger partial charge in [0.2, 0.25) is 11.9 Å². The Hall–Kier alpha value is -1.24. The molecule has 1 saturated heterocycles. The highest BCUT2D eigenvalue weighted by atomic mass is 32.2. The Kier molecular flexibility index (Phi) is 4.46. The minimum absolute atomic E-state index is 0.211. The van der Waals surface area contributed by atoms with Crippen molar-refractivity contribution in [2.45, 2.75) is 24.5 Å². The summed E-state index contributed by atoms with van der Waals surface area (Å²) in [5.74, 6) is 0.837. The van der Waals surface area contributed by atoms with Gasteiger partial charge in [-0.1, -0.05) is 0 Å². The molecular formula is C11H19N5OS. The lowest BCUT2D eigenvalue weighted by Gasteiger charge is -2.20. The summed E-state index contributed by atoms with van der Waals surface area (Å²) in [6.07, 6.45) is 5.72. The van der Waals surface area contributed by atoms with Gasteiger partial charge < -0.3 is 15.4 Å². The molecule has 0 saturated carbocycles. The van der Waals surface area contributed by atoms with Gasteiger partial charge in [-0.05, 0) is 25.5 Å². The number of ether oxygens (including phenoxy) is 1. The Balaban J connectivity index is 2.13. The number of nitrogens with zero attached hydrogens (tertiary/aromatic N) is 4. The zero-order valence-electron chi connectivity index (χ0n) is 10.8. The van der Waals surface area contributed by atoms with E-state index < -0.39 is 0 Å². The minimum atomic E-state index is 0.211. The predicted molar refractivity (Wildman–Crippen MR) is 74.2 cm³/mol. The largest absolute Gasteiger partial charge is 0.467 e. The maximum Gasteiger partial charge on any atom is 0.322 e. The number of nitrogen functional groups attached to an aromatic ring is 1. The van der Waals surface area contributed by atoms with Crippen LogP contribution in [-0.4, -0.2) is 46.7 Å². The van der Waals surface area contributed by atoms with E-state index in [4.69, 9.17) is 10.5 Å². The Morgan fingerprint density at radius 1 is 1.28 bits per heavy atom. The molecule has 6 nitrogen and oxygen atoms in total. The summed E-state index contributed by atoms with van der Waals surface area (Å²) in [6, 6.07) is 0.281. The fourth-order valence-corrected chi connectivity index (χ4v) is 2.84. The Morgan fingerprint density at radius 3 is 2.83 bits per heavy atom. The molecule has 0 aromatic carbocycles. The minimum Gasteiger partial charge on any atom is -0.467 e. The van der Waals surface area contributed by atoms with E-state index >= 15 is 0 Å². The van der Waals surface area contributed by atoms with Crippen molar-refractivity contribution in [3.8, 4) is 6.01 Å². The average Bonchev–Trinajstić information content (AvgIpc) is 2.63. The van der Waals surface area contributed by atoms with E-state index in [-0.39, 0.29) is 12.0 Å². The van der Waals surface area contributed by atoms with Gasteiger partial charge in [0.15, 0.2) is 0 Å². The molecule has 1 fully saturated rings.